The van der Waals surface area contributed by atoms with Gasteiger partial charge in [0.2, 0.25) is 0 Å². The smallest absolute Gasteiger partial charge is 0.307 e. The highest BCUT2D eigenvalue weighted by Gasteiger charge is 2.16. The number of hydrogen-bond acceptors (Lipinski definition) is 6. The fourth-order valence-electron chi connectivity index (χ4n) is 2.22. The number of nitrogens with zero attached hydrogens (tertiary/aromatic N) is 5. The van der Waals surface area contributed by atoms with E-state index >= 15 is 0 Å². The normalized spacial score (nSPS) is 14.2. The van der Waals surface area contributed by atoms with Gasteiger partial charge in [0.05, 0.1) is 24.6 Å². The van der Waals surface area contributed by atoms with E-state index in [4.69, 9.17) is 5.84 Å². The molecule has 0 bridgehead atoms. The second-order valence-corrected chi connectivity index (χ2v) is 4.50. The van der Waals surface area contributed by atoms with Gasteiger partial charge in [0.1, 0.15) is 5.82 Å². The molecular weight excluding hydrogens is 246 g/mol. The standard InChI is InChI=1S/C11H15N7O/c12-15-9-6-13-8(5-14-9)7-18-11(19)17-4-2-1-3-10(17)16-18/h5-6H,1-4,7,12H2,(H,14,15). The van der Waals surface area contributed by atoms with Crippen LogP contribution in [0.1, 0.15) is 24.4 Å². The molecule has 0 aromatic carbocycles. The number of aryl methyl sites for hydroxylation is 1. The molecule has 3 heterocycles. The van der Waals surface area contributed by atoms with E-state index in [9.17, 15) is 4.79 Å². The van der Waals surface area contributed by atoms with Crippen molar-refractivity contribution in [2.45, 2.75) is 32.4 Å². The average molecular weight is 261 g/mol. The Morgan fingerprint density at radius 3 is 2.89 bits per heavy atom. The molecule has 0 radical (unpaired) electrons. The lowest BCUT2D eigenvalue weighted by Crippen LogP contribution is -2.27. The molecule has 100 valence electrons. The predicted octanol–water partition coefficient (Wildman–Crippen LogP) is -0.495. The summed E-state index contributed by atoms with van der Waals surface area (Å²) in [5, 5.41) is 4.35. The molecule has 19 heavy (non-hydrogen) atoms. The van der Waals surface area contributed by atoms with Crippen molar-refractivity contribution in [1.29, 1.82) is 0 Å². The summed E-state index contributed by atoms with van der Waals surface area (Å²) in [6.45, 7) is 1.09. The number of hydrazine groups is 1. The molecule has 3 N–H and O–H groups in total. The quantitative estimate of drug-likeness (QED) is 0.570. The minimum Gasteiger partial charge on any atom is -0.307 e. The van der Waals surface area contributed by atoms with Gasteiger partial charge in [-0.1, -0.05) is 0 Å². The molecule has 2 aromatic rings. The van der Waals surface area contributed by atoms with Crippen molar-refractivity contribution >= 4 is 5.82 Å². The number of nitrogens with two attached hydrogens (primary N) is 1. The van der Waals surface area contributed by atoms with Crippen molar-refractivity contribution < 1.29 is 0 Å². The molecule has 0 fully saturated rings. The highest BCUT2D eigenvalue weighted by molar-refractivity contribution is 5.28. The van der Waals surface area contributed by atoms with Crippen LogP contribution in [0.5, 0.6) is 0 Å². The fourth-order valence-corrected chi connectivity index (χ4v) is 2.22. The Morgan fingerprint density at radius 2 is 2.21 bits per heavy atom. The summed E-state index contributed by atoms with van der Waals surface area (Å²) in [7, 11) is 0. The third-order valence-corrected chi connectivity index (χ3v) is 3.20. The lowest BCUT2D eigenvalue weighted by atomic mass is 10.2. The predicted molar refractivity (Wildman–Crippen MR) is 68.4 cm³/mol. The van der Waals surface area contributed by atoms with Crippen molar-refractivity contribution in [3.8, 4) is 0 Å². The van der Waals surface area contributed by atoms with E-state index in [-0.39, 0.29) is 5.69 Å². The topological polar surface area (TPSA) is 104 Å². The van der Waals surface area contributed by atoms with Gasteiger partial charge >= 0.3 is 5.69 Å². The highest BCUT2D eigenvalue weighted by Crippen LogP contribution is 2.09. The van der Waals surface area contributed by atoms with Gasteiger partial charge in [0, 0.05) is 13.0 Å². The first-order valence-corrected chi connectivity index (χ1v) is 6.22. The molecule has 0 unspecified atom stereocenters. The van der Waals surface area contributed by atoms with Crippen molar-refractivity contribution in [2.24, 2.45) is 5.84 Å². The molecule has 1 aliphatic heterocycles. The Balaban J connectivity index is 1.86. The SMILES string of the molecule is NNc1cnc(Cn2nc3n(c2=O)CCCC3)cn1. The molecular formula is C11H15N7O. The summed E-state index contributed by atoms with van der Waals surface area (Å²) in [6, 6.07) is 0. The Kier molecular flexibility index (Phi) is 3.00. The summed E-state index contributed by atoms with van der Waals surface area (Å²) < 4.78 is 3.19. The zero-order chi connectivity index (χ0) is 13.2. The third kappa shape index (κ3) is 2.22. The van der Waals surface area contributed by atoms with E-state index in [0.717, 1.165) is 31.6 Å². The number of aromatic nitrogens is 5. The number of anilines is 1. The summed E-state index contributed by atoms with van der Waals surface area (Å²) in [5.74, 6) is 6.57. The van der Waals surface area contributed by atoms with E-state index < -0.39 is 0 Å². The molecule has 0 aliphatic carbocycles. The first-order valence-electron chi connectivity index (χ1n) is 6.22. The monoisotopic (exact) mass is 261 g/mol. The lowest BCUT2D eigenvalue weighted by Gasteiger charge is -2.09. The van der Waals surface area contributed by atoms with Gasteiger partial charge in [-0.15, -0.1) is 0 Å². The first kappa shape index (κ1) is 11.8. The molecule has 2 aromatic heterocycles. The summed E-state index contributed by atoms with van der Waals surface area (Å²) >= 11 is 0. The molecule has 0 spiro atoms. The van der Waals surface area contributed by atoms with Gasteiger partial charge < -0.3 is 5.43 Å². The molecule has 0 saturated carbocycles. The van der Waals surface area contributed by atoms with E-state index in [1.807, 2.05) is 0 Å². The van der Waals surface area contributed by atoms with Crippen LogP contribution in [0.2, 0.25) is 0 Å². The van der Waals surface area contributed by atoms with Gasteiger partial charge in [-0.3, -0.25) is 9.55 Å². The van der Waals surface area contributed by atoms with Crippen LogP contribution in [0.4, 0.5) is 5.82 Å². The maximum absolute atomic E-state index is 12.1. The van der Waals surface area contributed by atoms with Crippen LogP contribution in [-0.2, 0) is 19.5 Å². The molecule has 1 aliphatic rings. The van der Waals surface area contributed by atoms with Crippen molar-refractivity contribution in [2.75, 3.05) is 5.43 Å². The minimum atomic E-state index is -0.0717. The van der Waals surface area contributed by atoms with Crippen LogP contribution in [0.25, 0.3) is 0 Å². The van der Waals surface area contributed by atoms with Gasteiger partial charge in [0.15, 0.2) is 5.82 Å². The van der Waals surface area contributed by atoms with Crippen LogP contribution < -0.4 is 17.0 Å². The Hall–Kier alpha value is -2.22. The second-order valence-electron chi connectivity index (χ2n) is 4.50. The van der Waals surface area contributed by atoms with Crippen molar-refractivity contribution in [3.63, 3.8) is 0 Å². The molecule has 0 amide bonds. The maximum Gasteiger partial charge on any atom is 0.346 e. The van der Waals surface area contributed by atoms with Gasteiger partial charge in [-0.05, 0) is 12.8 Å². The lowest BCUT2D eigenvalue weighted by molar-refractivity contribution is 0.511. The van der Waals surface area contributed by atoms with Crippen molar-refractivity contribution in [3.05, 3.63) is 34.4 Å². The number of fused-ring (bicyclic) bond motifs is 1. The van der Waals surface area contributed by atoms with Crippen molar-refractivity contribution in [1.82, 2.24) is 24.3 Å². The molecule has 0 atom stereocenters. The van der Waals surface area contributed by atoms with Crippen LogP contribution in [-0.4, -0.2) is 24.3 Å². The Morgan fingerprint density at radius 1 is 1.32 bits per heavy atom. The van der Waals surface area contributed by atoms with Gasteiger partial charge in [-0.25, -0.2) is 20.3 Å². The average Bonchev–Trinajstić information content (AvgIpc) is 2.77. The van der Waals surface area contributed by atoms with E-state index in [2.05, 4.69) is 20.5 Å². The van der Waals surface area contributed by atoms with Crippen LogP contribution in [0.3, 0.4) is 0 Å². The number of rotatable bonds is 3. The Bertz CT molecular complexity index is 627. The molecule has 3 rings (SSSR count). The van der Waals surface area contributed by atoms with Gasteiger partial charge in [-0.2, -0.15) is 5.10 Å². The molecule has 8 nitrogen and oxygen atoms in total. The number of nitrogens with one attached hydrogen (secondary N) is 1. The van der Waals surface area contributed by atoms with Gasteiger partial charge in [0.25, 0.3) is 0 Å². The summed E-state index contributed by atoms with van der Waals surface area (Å²) in [5.41, 5.74) is 3.01. The highest BCUT2D eigenvalue weighted by atomic mass is 16.2. The zero-order valence-corrected chi connectivity index (χ0v) is 10.4. The molecule has 8 heteroatoms. The Labute approximate surface area is 109 Å². The second kappa shape index (κ2) is 4.81. The summed E-state index contributed by atoms with van der Waals surface area (Å²) in [6.07, 6.45) is 6.10. The number of nitrogen functional groups attached to an aromatic ring is 1. The first-order chi connectivity index (χ1) is 9.28. The molecule has 0 saturated heterocycles. The number of hydrogen-bond donors (Lipinski definition) is 2. The minimum absolute atomic E-state index is 0.0717. The van der Waals surface area contributed by atoms with Crippen LogP contribution in [0.15, 0.2) is 17.2 Å². The maximum atomic E-state index is 12.1. The fraction of sp³-hybridized carbons (Fsp3) is 0.455. The van der Waals surface area contributed by atoms with E-state index in [0.29, 0.717) is 18.1 Å². The largest absolute Gasteiger partial charge is 0.346 e. The van der Waals surface area contributed by atoms with E-state index in [1.165, 1.54) is 10.9 Å². The van der Waals surface area contributed by atoms with Crippen LogP contribution in [0, 0.1) is 0 Å². The third-order valence-electron chi connectivity index (χ3n) is 3.20. The zero-order valence-electron chi connectivity index (χ0n) is 10.4. The van der Waals surface area contributed by atoms with E-state index in [1.54, 1.807) is 10.8 Å². The van der Waals surface area contributed by atoms with Crippen LogP contribution >= 0.6 is 0 Å². The summed E-state index contributed by atoms with van der Waals surface area (Å²) in [4.78, 5) is 20.4.